The highest BCUT2D eigenvalue weighted by Crippen LogP contribution is 2.37. The molecule has 1 aromatic heterocycles. The smallest absolute Gasteiger partial charge is 0.291 e. The molecule has 0 spiro atoms. The van der Waals surface area contributed by atoms with Crippen LogP contribution in [0.4, 0.5) is 0 Å². The summed E-state index contributed by atoms with van der Waals surface area (Å²) < 4.78 is 18.6. The molecule has 156 valence electrons. The van der Waals surface area contributed by atoms with E-state index in [0.717, 1.165) is 10.0 Å². The molecule has 3 rings (SSSR count). The predicted molar refractivity (Wildman–Crippen MR) is 117 cm³/mol. The maximum absolute atomic E-state index is 12.3. The number of methoxy groups -OCH3 is 3. The van der Waals surface area contributed by atoms with Crippen molar-refractivity contribution in [3.63, 3.8) is 0 Å². The molecule has 9 heteroatoms. The number of hydrogen-bond acceptors (Lipinski definition) is 6. The van der Waals surface area contributed by atoms with E-state index in [-0.39, 0.29) is 5.69 Å². The van der Waals surface area contributed by atoms with Crippen LogP contribution < -0.4 is 19.6 Å². The van der Waals surface area contributed by atoms with Gasteiger partial charge < -0.3 is 14.2 Å². The van der Waals surface area contributed by atoms with Crippen LogP contribution in [-0.2, 0) is 6.54 Å². The second-order valence-corrected chi connectivity index (χ2v) is 7.10. The highest BCUT2D eigenvalue weighted by atomic mass is 79.9. The third-order valence-electron chi connectivity index (χ3n) is 4.17. The third kappa shape index (κ3) is 5.18. The van der Waals surface area contributed by atoms with Crippen molar-refractivity contribution in [3.05, 3.63) is 70.0 Å². The SMILES string of the molecule is COc1cc(/C=N\NC(=O)c2ccn(Cc3cccc(Br)c3)n2)cc(OC)c1OC. The number of benzene rings is 2. The lowest BCUT2D eigenvalue weighted by Gasteiger charge is -2.12. The number of amides is 1. The average molecular weight is 473 g/mol. The Morgan fingerprint density at radius 1 is 1.13 bits per heavy atom. The van der Waals surface area contributed by atoms with E-state index in [2.05, 4.69) is 31.6 Å². The van der Waals surface area contributed by atoms with Crippen LogP contribution in [0.1, 0.15) is 21.6 Å². The molecule has 3 aromatic rings. The molecule has 0 fully saturated rings. The van der Waals surface area contributed by atoms with Crippen LogP contribution in [0.5, 0.6) is 17.2 Å². The number of hydrazone groups is 1. The predicted octanol–water partition coefficient (Wildman–Crippen LogP) is 3.48. The van der Waals surface area contributed by atoms with Crippen molar-refractivity contribution in [1.29, 1.82) is 0 Å². The summed E-state index contributed by atoms with van der Waals surface area (Å²) in [6.07, 6.45) is 3.24. The number of carbonyl (C=O) groups excluding carboxylic acids is 1. The van der Waals surface area contributed by atoms with E-state index in [1.54, 1.807) is 29.1 Å². The van der Waals surface area contributed by atoms with E-state index in [0.29, 0.717) is 29.4 Å². The lowest BCUT2D eigenvalue weighted by molar-refractivity contribution is 0.0949. The fraction of sp³-hybridized carbons (Fsp3) is 0.190. The van der Waals surface area contributed by atoms with E-state index in [9.17, 15) is 4.79 Å². The van der Waals surface area contributed by atoms with Gasteiger partial charge in [0.05, 0.1) is 34.1 Å². The maximum atomic E-state index is 12.3. The van der Waals surface area contributed by atoms with E-state index in [1.165, 1.54) is 27.5 Å². The zero-order valence-corrected chi connectivity index (χ0v) is 18.3. The average Bonchev–Trinajstić information content (AvgIpc) is 3.21. The van der Waals surface area contributed by atoms with Crippen LogP contribution in [0.2, 0.25) is 0 Å². The van der Waals surface area contributed by atoms with Crippen LogP contribution in [-0.4, -0.2) is 43.2 Å². The second-order valence-electron chi connectivity index (χ2n) is 6.19. The molecule has 0 saturated heterocycles. The molecule has 8 nitrogen and oxygen atoms in total. The van der Waals surface area contributed by atoms with E-state index in [4.69, 9.17) is 14.2 Å². The van der Waals surface area contributed by atoms with Gasteiger partial charge in [0.1, 0.15) is 0 Å². The molecule has 0 aliphatic carbocycles. The van der Waals surface area contributed by atoms with E-state index in [1.807, 2.05) is 24.3 Å². The molecule has 1 N–H and O–H groups in total. The number of nitrogens with zero attached hydrogens (tertiary/aromatic N) is 3. The number of carbonyl (C=O) groups is 1. The largest absolute Gasteiger partial charge is 0.493 e. The summed E-state index contributed by atoms with van der Waals surface area (Å²) in [6, 6.07) is 13.0. The molecule has 0 aliphatic rings. The van der Waals surface area contributed by atoms with Gasteiger partial charge >= 0.3 is 0 Å². The van der Waals surface area contributed by atoms with Crippen molar-refractivity contribution >= 4 is 28.1 Å². The first-order chi connectivity index (χ1) is 14.5. The quantitative estimate of drug-likeness (QED) is 0.400. The van der Waals surface area contributed by atoms with Gasteiger partial charge in [-0.3, -0.25) is 9.48 Å². The zero-order valence-electron chi connectivity index (χ0n) is 16.8. The van der Waals surface area contributed by atoms with E-state index >= 15 is 0 Å². The van der Waals surface area contributed by atoms with Gasteiger partial charge in [0.15, 0.2) is 17.2 Å². The molecule has 1 heterocycles. The first kappa shape index (κ1) is 21.4. The van der Waals surface area contributed by atoms with Crippen molar-refractivity contribution in [2.75, 3.05) is 21.3 Å². The molecule has 0 bridgehead atoms. The summed E-state index contributed by atoms with van der Waals surface area (Å²) in [5, 5.41) is 8.29. The van der Waals surface area contributed by atoms with Crippen molar-refractivity contribution < 1.29 is 19.0 Å². The van der Waals surface area contributed by atoms with Crippen LogP contribution in [0.3, 0.4) is 0 Å². The summed E-state index contributed by atoms with van der Waals surface area (Å²) in [7, 11) is 4.60. The fourth-order valence-electron chi connectivity index (χ4n) is 2.79. The minimum absolute atomic E-state index is 0.270. The Labute approximate surface area is 182 Å². The number of hydrogen-bond donors (Lipinski definition) is 1. The number of ether oxygens (including phenoxy) is 3. The first-order valence-corrected chi connectivity index (χ1v) is 9.74. The molecule has 1 amide bonds. The molecule has 30 heavy (non-hydrogen) atoms. The summed E-state index contributed by atoms with van der Waals surface area (Å²) >= 11 is 3.45. The van der Waals surface area contributed by atoms with Crippen molar-refractivity contribution in [1.82, 2.24) is 15.2 Å². The number of halogens is 1. The molecule has 0 unspecified atom stereocenters. The number of aromatic nitrogens is 2. The monoisotopic (exact) mass is 472 g/mol. The Balaban J connectivity index is 1.66. The highest BCUT2D eigenvalue weighted by molar-refractivity contribution is 9.10. The minimum atomic E-state index is -0.410. The molecular formula is C21H21BrN4O4. The zero-order chi connectivity index (χ0) is 21.5. The molecule has 0 atom stereocenters. The summed E-state index contributed by atoms with van der Waals surface area (Å²) in [4.78, 5) is 12.3. The number of rotatable bonds is 8. The van der Waals surface area contributed by atoms with E-state index < -0.39 is 5.91 Å². The first-order valence-electron chi connectivity index (χ1n) is 8.95. The lowest BCUT2D eigenvalue weighted by Crippen LogP contribution is -2.18. The molecular weight excluding hydrogens is 452 g/mol. The Morgan fingerprint density at radius 2 is 1.87 bits per heavy atom. The van der Waals surface area contributed by atoms with Gasteiger partial charge in [-0.15, -0.1) is 0 Å². The van der Waals surface area contributed by atoms with Crippen LogP contribution in [0.15, 0.2) is 58.2 Å². The van der Waals surface area contributed by atoms with Crippen LogP contribution in [0.25, 0.3) is 0 Å². The standard InChI is InChI=1S/C21H21BrN4O4/c1-28-18-10-15(11-19(29-2)20(18)30-3)12-23-24-21(27)17-7-8-26(25-17)13-14-5-4-6-16(22)9-14/h4-12H,13H2,1-3H3,(H,24,27)/b23-12-. The van der Waals surface area contributed by atoms with Gasteiger partial charge in [-0.1, -0.05) is 28.1 Å². The Hall–Kier alpha value is -3.33. The molecule has 0 radical (unpaired) electrons. The Bertz CT molecular complexity index is 1040. The van der Waals surface area contributed by atoms with Crippen LogP contribution in [0, 0.1) is 0 Å². The minimum Gasteiger partial charge on any atom is -0.493 e. The Morgan fingerprint density at radius 3 is 2.50 bits per heavy atom. The fourth-order valence-corrected chi connectivity index (χ4v) is 3.24. The summed E-state index contributed by atoms with van der Waals surface area (Å²) in [6.45, 7) is 0.557. The topological polar surface area (TPSA) is 87.0 Å². The van der Waals surface area contributed by atoms with Crippen molar-refractivity contribution in [2.24, 2.45) is 5.10 Å². The summed E-state index contributed by atoms with van der Waals surface area (Å²) in [5.74, 6) is 1.07. The third-order valence-corrected chi connectivity index (χ3v) is 4.67. The molecule has 0 aliphatic heterocycles. The van der Waals surface area contributed by atoms with Gasteiger partial charge in [0.2, 0.25) is 5.75 Å². The molecule has 2 aromatic carbocycles. The maximum Gasteiger partial charge on any atom is 0.291 e. The second kappa shape index (κ2) is 9.93. The van der Waals surface area contributed by atoms with Gasteiger partial charge in [-0.05, 0) is 35.9 Å². The van der Waals surface area contributed by atoms with Gasteiger partial charge in [-0.25, -0.2) is 5.43 Å². The highest BCUT2D eigenvalue weighted by Gasteiger charge is 2.13. The van der Waals surface area contributed by atoms with Crippen LogP contribution >= 0.6 is 15.9 Å². The number of nitrogens with one attached hydrogen (secondary N) is 1. The molecule has 0 saturated carbocycles. The van der Waals surface area contributed by atoms with Gasteiger partial charge in [-0.2, -0.15) is 10.2 Å². The van der Waals surface area contributed by atoms with Crippen molar-refractivity contribution in [2.45, 2.75) is 6.54 Å². The lowest BCUT2D eigenvalue weighted by atomic mass is 10.2. The van der Waals surface area contributed by atoms with Gasteiger partial charge in [0, 0.05) is 16.2 Å². The van der Waals surface area contributed by atoms with Crippen molar-refractivity contribution in [3.8, 4) is 17.2 Å². The Kier molecular flexibility index (Phi) is 7.08. The van der Waals surface area contributed by atoms with Gasteiger partial charge in [0.25, 0.3) is 5.91 Å². The normalized spacial score (nSPS) is 10.8. The summed E-state index contributed by atoms with van der Waals surface area (Å²) in [5.41, 5.74) is 4.48.